The maximum atomic E-state index is 12.2. The lowest BCUT2D eigenvalue weighted by Gasteiger charge is -2.31. The zero-order valence-electron chi connectivity index (χ0n) is 11.9. The lowest BCUT2D eigenvalue weighted by Crippen LogP contribution is -2.51. The molecule has 0 heterocycles. The molecule has 0 saturated heterocycles. The first-order valence-corrected chi connectivity index (χ1v) is 5.63. The highest BCUT2D eigenvalue weighted by Gasteiger charge is 2.45. The van der Waals surface area contributed by atoms with Gasteiger partial charge in [-0.05, 0) is 27.7 Å². The zero-order chi connectivity index (χ0) is 16.0. The van der Waals surface area contributed by atoms with Gasteiger partial charge in [0, 0.05) is 0 Å². The summed E-state index contributed by atoms with van der Waals surface area (Å²) in [6.07, 6.45) is -0.455. The van der Waals surface area contributed by atoms with Gasteiger partial charge in [0.25, 0.3) is 0 Å². The second kappa shape index (κ2) is 6.74. The van der Waals surface area contributed by atoms with Gasteiger partial charge < -0.3 is 18.9 Å². The minimum atomic E-state index is -1.57. The summed E-state index contributed by atoms with van der Waals surface area (Å²) in [5.41, 5.74) is -3.14. The van der Waals surface area contributed by atoms with E-state index < -0.39 is 29.3 Å². The molecule has 0 aromatic carbocycles. The predicted molar refractivity (Wildman–Crippen MR) is 68.7 cm³/mol. The van der Waals surface area contributed by atoms with Gasteiger partial charge in [-0.2, -0.15) is 0 Å². The molecule has 0 atom stereocenters. The molecular weight excluding hydrogens is 268 g/mol. The molecule has 0 fully saturated rings. The second-order valence-electron chi connectivity index (χ2n) is 4.62. The van der Waals surface area contributed by atoms with Crippen LogP contribution in [-0.4, -0.2) is 29.3 Å². The monoisotopic (exact) mass is 286 g/mol. The van der Waals surface area contributed by atoms with Crippen LogP contribution in [0.4, 0.5) is 9.59 Å². The molecule has 0 aliphatic rings. The number of rotatable bonds is 6. The number of hydrogen-bond acceptors (Lipinski definition) is 7. The molecule has 7 heteroatoms. The number of Topliss-reactive ketones (excluding diaryl/α,β-unsaturated/α-hetero) is 1. The average Bonchev–Trinajstić information content (AvgIpc) is 2.26. The lowest BCUT2D eigenvalue weighted by atomic mass is 9.90. The van der Waals surface area contributed by atoms with Crippen molar-refractivity contribution in [3.8, 4) is 0 Å². The number of ether oxygens (including phenoxy) is 4. The van der Waals surface area contributed by atoms with E-state index in [-0.39, 0.29) is 0 Å². The molecule has 0 aliphatic carbocycles. The summed E-state index contributed by atoms with van der Waals surface area (Å²) in [6, 6.07) is 0. The molecular formula is C13H18O7. The Morgan fingerprint density at radius 3 is 1.35 bits per heavy atom. The fraction of sp³-hybridized carbons (Fsp3) is 0.462. The Balaban J connectivity index is 4.91. The van der Waals surface area contributed by atoms with Crippen molar-refractivity contribution >= 4 is 18.1 Å². The average molecular weight is 286 g/mol. The van der Waals surface area contributed by atoms with Gasteiger partial charge in [-0.15, -0.1) is 0 Å². The van der Waals surface area contributed by atoms with E-state index in [2.05, 4.69) is 22.6 Å². The largest absolute Gasteiger partial charge is 0.514 e. The van der Waals surface area contributed by atoms with Crippen molar-refractivity contribution in [2.24, 2.45) is 0 Å². The van der Waals surface area contributed by atoms with Gasteiger partial charge in [-0.1, -0.05) is 13.2 Å². The Hall–Kier alpha value is -2.31. The van der Waals surface area contributed by atoms with E-state index in [1.165, 1.54) is 27.7 Å². The Morgan fingerprint density at radius 1 is 0.800 bits per heavy atom. The third-order valence-corrected chi connectivity index (χ3v) is 2.13. The summed E-state index contributed by atoms with van der Waals surface area (Å²) in [5.74, 6) is -0.660. The maximum absolute atomic E-state index is 12.2. The van der Waals surface area contributed by atoms with E-state index in [1.54, 1.807) is 0 Å². The molecule has 0 rings (SSSR count). The minimum absolute atomic E-state index is 0.660. The van der Waals surface area contributed by atoms with Crippen molar-refractivity contribution in [1.29, 1.82) is 0 Å². The molecule has 0 unspecified atom stereocenters. The molecule has 0 aliphatic heterocycles. The van der Waals surface area contributed by atoms with E-state index in [4.69, 9.17) is 9.47 Å². The number of carbonyl (C=O) groups is 3. The highest BCUT2D eigenvalue weighted by atomic mass is 16.7. The highest BCUT2D eigenvalue weighted by Crippen LogP contribution is 2.23. The van der Waals surface area contributed by atoms with E-state index >= 15 is 0 Å². The van der Waals surface area contributed by atoms with Gasteiger partial charge in [-0.3, -0.25) is 4.79 Å². The van der Waals surface area contributed by atoms with Crippen molar-refractivity contribution in [3.05, 3.63) is 25.7 Å². The van der Waals surface area contributed by atoms with Crippen LogP contribution < -0.4 is 0 Å². The Kier molecular flexibility index (Phi) is 5.96. The first-order chi connectivity index (χ1) is 9.06. The van der Waals surface area contributed by atoms with Crippen LogP contribution in [0.1, 0.15) is 27.7 Å². The maximum Gasteiger partial charge on any atom is 0.514 e. The van der Waals surface area contributed by atoms with Crippen LogP contribution in [-0.2, 0) is 23.7 Å². The van der Waals surface area contributed by atoms with Crippen molar-refractivity contribution < 1.29 is 33.3 Å². The summed E-state index contributed by atoms with van der Waals surface area (Å²) in [5, 5.41) is 0. The van der Waals surface area contributed by atoms with Crippen LogP contribution in [0.15, 0.2) is 25.7 Å². The fourth-order valence-corrected chi connectivity index (χ4v) is 1.42. The zero-order valence-corrected chi connectivity index (χ0v) is 11.9. The van der Waals surface area contributed by atoms with Gasteiger partial charge in [0.2, 0.25) is 5.78 Å². The number of ketones is 1. The summed E-state index contributed by atoms with van der Waals surface area (Å²) in [4.78, 5) is 34.7. The van der Waals surface area contributed by atoms with E-state index in [0.717, 1.165) is 12.5 Å². The predicted octanol–water partition coefficient (Wildman–Crippen LogP) is 2.71. The van der Waals surface area contributed by atoms with Crippen LogP contribution in [0.5, 0.6) is 0 Å². The first kappa shape index (κ1) is 17.7. The molecule has 0 bridgehead atoms. The van der Waals surface area contributed by atoms with Crippen LogP contribution >= 0.6 is 0 Å². The molecule has 0 aromatic rings. The van der Waals surface area contributed by atoms with Crippen molar-refractivity contribution in [2.45, 2.75) is 38.9 Å². The lowest BCUT2D eigenvalue weighted by molar-refractivity contribution is -0.154. The van der Waals surface area contributed by atoms with Crippen LogP contribution in [0.3, 0.4) is 0 Å². The Bertz CT molecular complexity index is 382. The van der Waals surface area contributed by atoms with Gasteiger partial charge in [0.05, 0.1) is 12.5 Å². The topological polar surface area (TPSA) is 88.1 Å². The van der Waals surface area contributed by atoms with Gasteiger partial charge >= 0.3 is 12.3 Å². The Morgan fingerprint density at radius 2 is 1.10 bits per heavy atom. The second-order valence-corrected chi connectivity index (χ2v) is 4.62. The molecule has 0 saturated carbocycles. The normalized spacial score (nSPS) is 11.0. The SMILES string of the molecule is C=COC(=O)OC(C)(C)C(=O)C(C)(C)OC(=O)OC=C. The number of carbonyl (C=O) groups excluding carboxylic acids is 3. The minimum Gasteiger partial charge on any atom is -0.420 e. The highest BCUT2D eigenvalue weighted by molar-refractivity contribution is 5.95. The van der Waals surface area contributed by atoms with Crippen molar-refractivity contribution in [1.82, 2.24) is 0 Å². The van der Waals surface area contributed by atoms with E-state index in [9.17, 15) is 14.4 Å². The van der Waals surface area contributed by atoms with Crippen LogP contribution in [0, 0.1) is 0 Å². The van der Waals surface area contributed by atoms with Crippen molar-refractivity contribution in [3.63, 3.8) is 0 Å². The van der Waals surface area contributed by atoms with Gasteiger partial charge in [-0.25, -0.2) is 9.59 Å². The smallest absolute Gasteiger partial charge is 0.420 e. The molecule has 0 radical (unpaired) electrons. The molecule has 0 amide bonds. The van der Waals surface area contributed by atoms with Gasteiger partial charge in [0.15, 0.2) is 11.2 Å². The molecule has 20 heavy (non-hydrogen) atoms. The van der Waals surface area contributed by atoms with Gasteiger partial charge in [0.1, 0.15) is 0 Å². The summed E-state index contributed by atoms with van der Waals surface area (Å²) in [7, 11) is 0. The first-order valence-electron chi connectivity index (χ1n) is 5.63. The summed E-state index contributed by atoms with van der Waals surface area (Å²) >= 11 is 0. The third-order valence-electron chi connectivity index (χ3n) is 2.13. The van der Waals surface area contributed by atoms with E-state index in [1.807, 2.05) is 0 Å². The molecule has 0 spiro atoms. The summed E-state index contributed by atoms with van der Waals surface area (Å²) in [6.45, 7) is 11.7. The molecule has 0 aromatic heterocycles. The Labute approximate surface area is 117 Å². The van der Waals surface area contributed by atoms with Crippen LogP contribution in [0.25, 0.3) is 0 Å². The van der Waals surface area contributed by atoms with Crippen molar-refractivity contribution in [2.75, 3.05) is 0 Å². The molecule has 0 N–H and O–H groups in total. The quantitative estimate of drug-likeness (QED) is 0.547. The fourth-order valence-electron chi connectivity index (χ4n) is 1.42. The number of hydrogen-bond donors (Lipinski definition) is 0. The van der Waals surface area contributed by atoms with Crippen LogP contribution in [0.2, 0.25) is 0 Å². The summed E-state index contributed by atoms with van der Waals surface area (Å²) < 4.78 is 18.4. The molecule has 112 valence electrons. The standard InChI is InChI=1S/C13H18O7/c1-7-17-10(15)19-12(3,4)9(14)13(5,6)20-11(16)18-8-2/h7-8H,1-2H2,3-6H3. The third kappa shape index (κ3) is 5.13. The molecule has 7 nitrogen and oxygen atoms in total. The van der Waals surface area contributed by atoms with E-state index in [0.29, 0.717) is 0 Å².